The Morgan fingerprint density at radius 3 is 2.45 bits per heavy atom. The Labute approximate surface area is 130 Å². The summed E-state index contributed by atoms with van der Waals surface area (Å²) in [6, 6.07) is 5.19. The first-order valence-electron chi connectivity index (χ1n) is 7.21. The van der Waals surface area contributed by atoms with E-state index in [1.54, 1.807) is 26.4 Å². The van der Waals surface area contributed by atoms with Gasteiger partial charge >= 0.3 is 5.97 Å². The van der Waals surface area contributed by atoms with Gasteiger partial charge < -0.3 is 19.9 Å². The highest BCUT2D eigenvalue weighted by Crippen LogP contribution is 2.29. The summed E-state index contributed by atoms with van der Waals surface area (Å²) in [7, 11) is 3.16. The van der Waals surface area contributed by atoms with E-state index in [1.165, 1.54) is 0 Å². The maximum Gasteiger partial charge on any atom is 0.303 e. The molecule has 0 aliphatic carbocycles. The van der Waals surface area contributed by atoms with Gasteiger partial charge in [0.1, 0.15) is 11.5 Å². The zero-order valence-electron chi connectivity index (χ0n) is 13.2. The second-order valence-corrected chi connectivity index (χ2v) is 5.00. The first-order valence-corrected chi connectivity index (χ1v) is 7.21. The molecule has 1 rings (SSSR count). The fourth-order valence-corrected chi connectivity index (χ4v) is 2.13. The molecule has 0 aliphatic heterocycles. The molecular formula is C16H23NO5. The van der Waals surface area contributed by atoms with Crippen molar-refractivity contribution in [3.05, 3.63) is 23.8 Å². The lowest BCUT2D eigenvalue weighted by Crippen LogP contribution is -2.26. The van der Waals surface area contributed by atoms with Crippen molar-refractivity contribution in [1.29, 1.82) is 0 Å². The van der Waals surface area contributed by atoms with Crippen molar-refractivity contribution < 1.29 is 24.2 Å². The number of ether oxygens (including phenoxy) is 2. The summed E-state index contributed by atoms with van der Waals surface area (Å²) in [4.78, 5) is 22.3. The molecule has 122 valence electrons. The normalized spacial score (nSPS) is 11.6. The van der Waals surface area contributed by atoms with Crippen LogP contribution in [-0.2, 0) is 9.59 Å². The summed E-state index contributed by atoms with van der Waals surface area (Å²) in [6.45, 7) is 1.87. The highest BCUT2D eigenvalue weighted by Gasteiger charge is 2.15. The maximum absolute atomic E-state index is 11.9. The van der Waals surface area contributed by atoms with Crippen LogP contribution < -0.4 is 14.8 Å². The Bertz CT molecular complexity index is 515. The molecule has 1 aromatic carbocycles. The second kappa shape index (κ2) is 8.92. The monoisotopic (exact) mass is 309 g/mol. The van der Waals surface area contributed by atoms with Crippen LogP contribution in [0.4, 0.5) is 0 Å². The van der Waals surface area contributed by atoms with Crippen LogP contribution in [0.2, 0.25) is 0 Å². The van der Waals surface area contributed by atoms with Gasteiger partial charge in [0.2, 0.25) is 5.91 Å². The lowest BCUT2D eigenvalue weighted by molar-refractivity contribution is -0.137. The molecule has 2 N–H and O–H groups in total. The number of nitrogens with one attached hydrogen (secondary N) is 1. The number of aliphatic carboxylic acids is 1. The van der Waals surface area contributed by atoms with Crippen molar-refractivity contribution >= 4 is 11.9 Å². The van der Waals surface area contributed by atoms with E-state index in [0.717, 1.165) is 5.56 Å². The molecule has 0 saturated heterocycles. The predicted molar refractivity (Wildman–Crippen MR) is 82.2 cm³/mol. The molecular weight excluding hydrogens is 286 g/mol. The van der Waals surface area contributed by atoms with Gasteiger partial charge in [0.05, 0.1) is 20.3 Å². The van der Waals surface area contributed by atoms with E-state index in [9.17, 15) is 9.59 Å². The number of hydrogen-bond donors (Lipinski definition) is 2. The van der Waals surface area contributed by atoms with Gasteiger partial charge in [0.15, 0.2) is 0 Å². The third kappa shape index (κ3) is 5.63. The molecule has 0 aliphatic rings. The molecule has 0 aromatic heterocycles. The Morgan fingerprint density at radius 2 is 1.86 bits per heavy atom. The van der Waals surface area contributed by atoms with Crippen LogP contribution in [0, 0.1) is 0 Å². The van der Waals surface area contributed by atoms with Gasteiger partial charge in [0.25, 0.3) is 0 Å². The van der Waals surface area contributed by atoms with Gasteiger partial charge in [-0.25, -0.2) is 0 Å². The number of rotatable bonds is 9. The fraction of sp³-hybridized carbons (Fsp3) is 0.500. The first-order chi connectivity index (χ1) is 10.5. The van der Waals surface area contributed by atoms with Crippen molar-refractivity contribution in [2.24, 2.45) is 0 Å². The number of benzene rings is 1. The van der Waals surface area contributed by atoms with Crippen molar-refractivity contribution in [2.45, 2.75) is 38.6 Å². The minimum atomic E-state index is -0.838. The average molecular weight is 309 g/mol. The van der Waals surface area contributed by atoms with Crippen LogP contribution in [0.3, 0.4) is 0 Å². The fourth-order valence-electron chi connectivity index (χ4n) is 2.13. The standard InChI is InChI=1S/C16H23NO5/c1-11(17-15(18)6-4-5-7-16(19)20)13-10-12(21-2)8-9-14(13)22-3/h8-11H,4-7H2,1-3H3,(H,17,18)(H,19,20). The highest BCUT2D eigenvalue weighted by molar-refractivity contribution is 5.76. The van der Waals surface area contributed by atoms with E-state index in [1.807, 2.05) is 13.0 Å². The minimum Gasteiger partial charge on any atom is -0.497 e. The number of carboxylic acid groups (broad SMARTS) is 1. The third-order valence-corrected chi connectivity index (χ3v) is 3.33. The van der Waals surface area contributed by atoms with Crippen molar-refractivity contribution in [2.75, 3.05) is 14.2 Å². The number of carboxylic acids is 1. The predicted octanol–water partition coefficient (Wildman–Crippen LogP) is 2.53. The van der Waals surface area contributed by atoms with Gasteiger partial charge in [-0.15, -0.1) is 0 Å². The van der Waals surface area contributed by atoms with E-state index in [2.05, 4.69) is 5.32 Å². The van der Waals surface area contributed by atoms with Crippen molar-refractivity contribution in [3.8, 4) is 11.5 Å². The smallest absolute Gasteiger partial charge is 0.303 e. The SMILES string of the molecule is COc1ccc(OC)c(C(C)NC(=O)CCCCC(=O)O)c1. The summed E-state index contributed by atoms with van der Waals surface area (Å²) in [5, 5.41) is 11.4. The van der Waals surface area contributed by atoms with E-state index >= 15 is 0 Å². The molecule has 0 heterocycles. The van der Waals surface area contributed by atoms with Crippen molar-refractivity contribution in [1.82, 2.24) is 5.32 Å². The Kier molecular flexibility index (Phi) is 7.22. The molecule has 6 nitrogen and oxygen atoms in total. The molecule has 1 amide bonds. The molecule has 1 aromatic rings. The van der Waals surface area contributed by atoms with E-state index < -0.39 is 5.97 Å². The summed E-state index contributed by atoms with van der Waals surface area (Å²) < 4.78 is 10.5. The summed E-state index contributed by atoms with van der Waals surface area (Å²) >= 11 is 0. The zero-order valence-corrected chi connectivity index (χ0v) is 13.2. The van der Waals surface area contributed by atoms with Crippen LogP contribution in [0.5, 0.6) is 11.5 Å². The zero-order chi connectivity index (χ0) is 16.5. The molecule has 0 fully saturated rings. The number of methoxy groups -OCH3 is 2. The van der Waals surface area contributed by atoms with Gasteiger partial charge in [-0.2, -0.15) is 0 Å². The maximum atomic E-state index is 11.9. The number of carbonyl (C=O) groups is 2. The molecule has 22 heavy (non-hydrogen) atoms. The van der Waals surface area contributed by atoms with Gasteiger partial charge in [-0.05, 0) is 38.0 Å². The van der Waals surface area contributed by atoms with Gasteiger partial charge in [0, 0.05) is 18.4 Å². The summed E-state index contributed by atoms with van der Waals surface area (Å²) in [5.74, 6) is 0.426. The van der Waals surface area contributed by atoms with E-state index in [0.29, 0.717) is 30.8 Å². The topological polar surface area (TPSA) is 84.9 Å². The average Bonchev–Trinajstić information content (AvgIpc) is 2.50. The molecule has 1 atom stereocenters. The summed E-state index contributed by atoms with van der Waals surface area (Å²) in [5.41, 5.74) is 0.834. The lowest BCUT2D eigenvalue weighted by Gasteiger charge is -2.18. The van der Waals surface area contributed by atoms with Crippen LogP contribution in [-0.4, -0.2) is 31.2 Å². The molecule has 1 unspecified atom stereocenters. The highest BCUT2D eigenvalue weighted by atomic mass is 16.5. The molecule has 0 bridgehead atoms. The van der Waals surface area contributed by atoms with E-state index in [4.69, 9.17) is 14.6 Å². The number of carbonyl (C=O) groups excluding carboxylic acids is 1. The quantitative estimate of drug-likeness (QED) is 0.685. The van der Waals surface area contributed by atoms with E-state index in [-0.39, 0.29) is 18.4 Å². The third-order valence-electron chi connectivity index (χ3n) is 3.33. The number of amides is 1. The second-order valence-electron chi connectivity index (χ2n) is 5.00. The lowest BCUT2D eigenvalue weighted by atomic mass is 10.1. The number of hydrogen-bond acceptors (Lipinski definition) is 4. The number of unbranched alkanes of at least 4 members (excludes halogenated alkanes) is 1. The Hall–Kier alpha value is -2.24. The first kappa shape index (κ1) is 17.8. The molecule has 0 radical (unpaired) electrons. The van der Waals surface area contributed by atoms with Crippen LogP contribution >= 0.6 is 0 Å². The Balaban J connectivity index is 2.58. The van der Waals surface area contributed by atoms with Crippen LogP contribution in [0.15, 0.2) is 18.2 Å². The minimum absolute atomic E-state index is 0.0898. The molecule has 0 spiro atoms. The van der Waals surface area contributed by atoms with Crippen LogP contribution in [0.1, 0.15) is 44.2 Å². The Morgan fingerprint density at radius 1 is 1.18 bits per heavy atom. The van der Waals surface area contributed by atoms with Crippen molar-refractivity contribution in [3.63, 3.8) is 0 Å². The van der Waals surface area contributed by atoms with Crippen LogP contribution in [0.25, 0.3) is 0 Å². The summed E-state index contributed by atoms with van der Waals surface area (Å²) in [6.07, 6.45) is 1.45. The largest absolute Gasteiger partial charge is 0.497 e. The van der Waals surface area contributed by atoms with Gasteiger partial charge in [-0.3, -0.25) is 9.59 Å². The molecule has 0 saturated carbocycles. The van der Waals surface area contributed by atoms with Gasteiger partial charge in [-0.1, -0.05) is 0 Å². The molecule has 6 heteroatoms.